The number of carbonyl (C=O) groups excluding carboxylic acids is 2. The van der Waals surface area contributed by atoms with E-state index in [1.165, 1.54) is 4.70 Å². The Morgan fingerprint density at radius 1 is 1.00 bits per heavy atom. The second kappa shape index (κ2) is 8.39. The fraction of sp³-hybridized carbons (Fsp3) is 0.286. The molecule has 3 aromatic rings. The summed E-state index contributed by atoms with van der Waals surface area (Å²) in [5.41, 5.74) is 1.66. The van der Waals surface area contributed by atoms with Gasteiger partial charge in [-0.15, -0.1) is 0 Å². The number of rotatable bonds is 4. The molecule has 0 saturated carbocycles. The fourth-order valence-electron chi connectivity index (χ4n) is 3.35. The van der Waals surface area contributed by atoms with Crippen LogP contribution in [0.1, 0.15) is 12.8 Å². The van der Waals surface area contributed by atoms with Crippen molar-refractivity contribution in [2.75, 3.05) is 29.9 Å². The number of carbonyl (C=O) groups is 2. The number of benzene rings is 2. The highest BCUT2D eigenvalue weighted by atomic mass is 32.1. The van der Waals surface area contributed by atoms with Gasteiger partial charge in [0.15, 0.2) is 5.13 Å². The van der Waals surface area contributed by atoms with Gasteiger partial charge < -0.3 is 15.5 Å². The molecule has 6 nitrogen and oxygen atoms in total. The van der Waals surface area contributed by atoms with Gasteiger partial charge in [0.1, 0.15) is 0 Å². The van der Waals surface area contributed by atoms with Crippen molar-refractivity contribution in [2.24, 2.45) is 5.92 Å². The molecule has 2 amide bonds. The number of thiazole rings is 1. The van der Waals surface area contributed by atoms with E-state index in [1.54, 1.807) is 23.5 Å². The summed E-state index contributed by atoms with van der Waals surface area (Å²) in [6.07, 6.45) is 1.94. The minimum Gasteiger partial charge on any atom is -0.348 e. The van der Waals surface area contributed by atoms with Gasteiger partial charge in [0.25, 0.3) is 0 Å². The molecule has 1 fully saturated rings. The molecule has 1 aromatic heterocycles. The average molecular weight is 395 g/mol. The van der Waals surface area contributed by atoms with Gasteiger partial charge >= 0.3 is 11.8 Å². The van der Waals surface area contributed by atoms with E-state index in [0.29, 0.717) is 18.2 Å². The van der Waals surface area contributed by atoms with Crippen LogP contribution < -0.4 is 15.5 Å². The Morgan fingerprint density at radius 3 is 2.46 bits per heavy atom. The number of piperidine rings is 1. The van der Waals surface area contributed by atoms with Crippen LogP contribution in [-0.2, 0) is 9.59 Å². The third-order valence-corrected chi connectivity index (χ3v) is 6.05. The van der Waals surface area contributed by atoms with E-state index in [9.17, 15) is 9.59 Å². The molecular weight excluding hydrogens is 372 g/mol. The molecule has 2 aromatic carbocycles. The minimum absolute atomic E-state index is 0.374. The monoisotopic (exact) mass is 394 g/mol. The lowest BCUT2D eigenvalue weighted by atomic mass is 9.97. The minimum atomic E-state index is -0.627. The standard InChI is InChI=1S/C21H22N4O2S/c26-19(20(27)23-16-6-2-1-3-7-16)22-14-15-10-12-25(13-11-15)21-24-17-8-4-5-9-18(17)28-21/h1-9,15H,10-14H2,(H,22,26)(H,23,27). The van der Waals surface area contributed by atoms with E-state index in [4.69, 9.17) is 4.98 Å². The molecule has 1 aliphatic rings. The van der Waals surface area contributed by atoms with Gasteiger partial charge in [0.2, 0.25) is 0 Å². The molecule has 0 bridgehead atoms. The third-order valence-electron chi connectivity index (χ3n) is 4.96. The van der Waals surface area contributed by atoms with Crippen LogP contribution in [0.3, 0.4) is 0 Å². The summed E-state index contributed by atoms with van der Waals surface area (Å²) >= 11 is 1.72. The molecule has 1 saturated heterocycles. The molecule has 7 heteroatoms. The first-order valence-corrected chi connectivity index (χ1v) is 10.3. The van der Waals surface area contributed by atoms with Gasteiger partial charge in [-0.3, -0.25) is 9.59 Å². The number of hydrogen-bond donors (Lipinski definition) is 2. The average Bonchev–Trinajstić information content (AvgIpc) is 3.17. The van der Waals surface area contributed by atoms with Crippen LogP contribution in [0, 0.1) is 5.92 Å². The van der Waals surface area contributed by atoms with E-state index < -0.39 is 11.8 Å². The Kier molecular flexibility index (Phi) is 5.53. The highest BCUT2D eigenvalue weighted by Crippen LogP contribution is 2.31. The molecule has 2 N–H and O–H groups in total. The van der Waals surface area contributed by atoms with Crippen LogP contribution in [-0.4, -0.2) is 36.4 Å². The molecule has 4 rings (SSSR count). The first-order chi connectivity index (χ1) is 13.7. The zero-order valence-electron chi connectivity index (χ0n) is 15.4. The summed E-state index contributed by atoms with van der Waals surface area (Å²) in [6, 6.07) is 17.2. The third kappa shape index (κ3) is 4.31. The molecule has 144 valence electrons. The van der Waals surface area contributed by atoms with Crippen molar-refractivity contribution in [1.29, 1.82) is 0 Å². The first kappa shape index (κ1) is 18.4. The summed E-state index contributed by atoms with van der Waals surface area (Å²) < 4.78 is 1.20. The molecule has 0 unspecified atom stereocenters. The summed E-state index contributed by atoms with van der Waals surface area (Å²) in [7, 11) is 0. The number of nitrogens with one attached hydrogen (secondary N) is 2. The van der Waals surface area contributed by atoms with Crippen LogP contribution in [0.4, 0.5) is 10.8 Å². The molecule has 1 aliphatic heterocycles. The highest BCUT2D eigenvalue weighted by molar-refractivity contribution is 7.22. The Bertz CT molecular complexity index is 932. The second-order valence-electron chi connectivity index (χ2n) is 6.92. The lowest BCUT2D eigenvalue weighted by Gasteiger charge is -2.31. The van der Waals surface area contributed by atoms with E-state index in [1.807, 2.05) is 36.4 Å². The van der Waals surface area contributed by atoms with E-state index in [-0.39, 0.29) is 0 Å². The van der Waals surface area contributed by atoms with E-state index in [2.05, 4.69) is 21.6 Å². The number of anilines is 2. The smallest absolute Gasteiger partial charge is 0.313 e. The van der Waals surface area contributed by atoms with Crippen molar-refractivity contribution in [3.63, 3.8) is 0 Å². The van der Waals surface area contributed by atoms with Gasteiger partial charge in [-0.1, -0.05) is 41.7 Å². The largest absolute Gasteiger partial charge is 0.348 e. The van der Waals surface area contributed by atoms with Crippen molar-refractivity contribution in [3.8, 4) is 0 Å². The lowest BCUT2D eigenvalue weighted by Crippen LogP contribution is -2.41. The van der Waals surface area contributed by atoms with Crippen LogP contribution in [0.15, 0.2) is 54.6 Å². The van der Waals surface area contributed by atoms with Gasteiger partial charge in [0.05, 0.1) is 10.2 Å². The zero-order valence-corrected chi connectivity index (χ0v) is 16.2. The molecule has 28 heavy (non-hydrogen) atoms. The Balaban J connectivity index is 1.24. The molecule has 0 radical (unpaired) electrons. The Labute approximate surface area is 167 Å². The fourth-order valence-corrected chi connectivity index (χ4v) is 4.37. The summed E-state index contributed by atoms with van der Waals surface area (Å²) in [5, 5.41) is 6.43. The summed E-state index contributed by atoms with van der Waals surface area (Å²) in [6.45, 7) is 2.35. The molecular formula is C21H22N4O2S. The number of amides is 2. The van der Waals surface area contributed by atoms with Gasteiger partial charge in [-0.2, -0.15) is 0 Å². The molecule has 0 aliphatic carbocycles. The SMILES string of the molecule is O=C(NCC1CCN(c2nc3ccccc3s2)CC1)C(=O)Nc1ccccc1. The Hall–Kier alpha value is -2.93. The number of hydrogen-bond acceptors (Lipinski definition) is 5. The first-order valence-electron chi connectivity index (χ1n) is 9.44. The topological polar surface area (TPSA) is 74.3 Å². The van der Waals surface area contributed by atoms with Crippen molar-refractivity contribution < 1.29 is 9.59 Å². The van der Waals surface area contributed by atoms with Crippen LogP contribution in [0.25, 0.3) is 10.2 Å². The van der Waals surface area contributed by atoms with Gasteiger partial charge in [0, 0.05) is 25.3 Å². The lowest BCUT2D eigenvalue weighted by molar-refractivity contribution is -0.136. The maximum atomic E-state index is 12.0. The number of fused-ring (bicyclic) bond motifs is 1. The normalized spacial score (nSPS) is 14.8. The second-order valence-corrected chi connectivity index (χ2v) is 7.93. The number of para-hydroxylation sites is 2. The van der Waals surface area contributed by atoms with Crippen molar-refractivity contribution in [2.45, 2.75) is 12.8 Å². The number of nitrogens with zero attached hydrogens (tertiary/aromatic N) is 2. The molecule has 2 heterocycles. The van der Waals surface area contributed by atoms with Crippen molar-refractivity contribution >= 4 is 44.2 Å². The predicted molar refractivity (Wildman–Crippen MR) is 113 cm³/mol. The predicted octanol–water partition coefficient (Wildman–Crippen LogP) is 3.27. The maximum absolute atomic E-state index is 12.0. The zero-order chi connectivity index (χ0) is 19.3. The van der Waals surface area contributed by atoms with Gasteiger partial charge in [-0.25, -0.2) is 4.98 Å². The summed E-state index contributed by atoms with van der Waals surface area (Å²) in [5.74, 6) is -0.838. The van der Waals surface area contributed by atoms with E-state index in [0.717, 1.165) is 36.6 Å². The quantitative estimate of drug-likeness (QED) is 0.666. The van der Waals surface area contributed by atoms with Crippen LogP contribution in [0.5, 0.6) is 0 Å². The Morgan fingerprint density at radius 2 is 1.71 bits per heavy atom. The van der Waals surface area contributed by atoms with Gasteiger partial charge in [-0.05, 0) is 43.0 Å². The van der Waals surface area contributed by atoms with Crippen molar-refractivity contribution in [3.05, 3.63) is 54.6 Å². The molecule has 0 spiro atoms. The van der Waals surface area contributed by atoms with Crippen LogP contribution in [0.2, 0.25) is 0 Å². The highest BCUT2D eigenvalue weighted by Gasteiger charge is 2.23. The maximum Gasteiger partial charge on any atom is 0.313 e. The summed E-state index contributed by atoms with van der Waals surface area (Å²) in [4.78, 5) is 31.0. The van der Waals surface area contributed by atoms with Crippen LogP contribution >= 0.6 is 11.3 Å². The molecule has 0 atom stereocenters. The number of aromatic nitrogens is 1. The van der Waals surface area contributed by atoms with Crippen molar-refractivity contribution in [1.82, 2.24) is 10.3 Å². The van der Waals surface area contributed by atoms with E-state index >= 15 is 0 Å².